The fourth-order valence-electron chi connectivity index (χ4n) is 4.06. The SMILES string of the molecule is NCC1(F)CCN(Cc2ccc(-n3ccc(NC(=O)N4CCNCC4)nc3=O)cc2)CC1. The van der Waals surface area contributed by atoms with E-state index in [9.17, 15) is 14.0 Å². The quantitative estimate of drug-likeness (QED) is 0.635. The fourth-order valence-corrected chi connectivity index (χ4v) is 4.06. The molecule has 2 saturated heterocycles. The van der Waals surface area contributed by atoms with Crippen molar-refractivity contribution in [2.24, 2.45) is 5.73 Å². The molecule has 0 saturated carbocycles. The summed E-state index contributed by atoms with van der Waals surface area (Å²) in [7, 11) is 0. The van der Waals surface area contributed by atoms with Crippen LogP contribution in [0, 0.1) is 0 Å². The van der Waals surface area contributed by atoms with Crippen LogP contribution in [0.4, 0.5) is 15.0 Å². The average Bonchev–Trinajstić information content (AvgIpc) is 2.82. The Balaban J connectivity index is 1.36. The number of hydrogen-bond donors (Lipinski definition) is 3. The second kappa shape index (κ2) is 9.76. The molecule has 1 aromatic heterocycles. The van der Waals surface area contributed by atoms with Gasteiger partial charge in [0.15, 0.2) is 0 Å². The zero-order valence-electron chi connectivity index (χ0n) is 18.1. The molecule has 1 aromatic carbocycles. The number of amides is 2. The van der Waals surface area contributed by atoms with Crippen molar-refractivity contribution in [3.05, 3.63) is 52.6 Å². The van der Waals surface area contributed by atoms with Gasteiger partial charge in [0.05, 0.1) is 5.69 Å². The lowest BCUT2D eigenvalue weighted by Gasteiger charge is -2.35. The van der Waals surface area contributed by atoms with E-state index < -0.39 is 11.4 Å². The van der Waals surface area contributed by atoms with Crippen LogP contribution < -0.4 is 22.1 Å². The number of nitrogens with two attached hydrogens (primary N) is 1. The molecular weight excluding hydrogens is 413 g/mol. The van der Waals surface area contributed by atoms with Gasteiger partial charge in [-0.1, -0.05) is 12.1 Å². The van der Waals surface area contributed by atoms with Crippen LogP contribution in [0.2, 0.25) is 0 Å². The third-order valence-corrected chi connectivity index (χ3v) is 6.18. The van der Waals surface area contributed by atoms with Crippen LogP contribution in [0.3, 0.4) is 0 Å². The molecular formula is C22H30FN7O2. The minimum Gasteiger partial charge on any atom is -0.328 e. The predicted molar refractivity (Wildman–Crippen MR) is 121 cm³/mol. The zero-order valence-corrected chi connectivity index (χ0v) is 18.1. The van der Waals surface area contributed by atoms with Gasteiger partial charge in [0, 0.05) is 58.6 Å². The normalized spacial score (nSPS) is 19.0. The summed E-state index contributed by atoms with van der Waals surface area (Å²) in [6.45, 7) is 4.91. The number of likely N-dealkylation sites (tertiary alicyclic amines) is 1. The number of alkyl halides is 1. The van der Waals surface area contributed by atoms with Gasteiger partial charge in [-0.05, 0) is 36.6 Å². The number of rotatable bonds is 5. The molecule has 0 radical (unpaired) electrons. The fraction of sp³-hybridized carbons (Fsp3) is 0.500. The maximum absolute atomic E-state index is 14.3. The summed E-state index contributed by atoms with van der Waals surface area (Å²) in [4.78, 5) is 32.7. The highest BCUT2D eigenvalue weighted by atomic mass is 19.1. The van der Waals surface area contributed by atoms with Gasteiger partial charge in [-0.2, -0.15) is 4.98 Å². The van der Waals surface area contributed by atoms with E-state index in [1.54, 1.807) is 17.2 Å². The van der Waals surface area contributed by atoms with E-state index in [-0.39, 0.29) is 18.4 Å². The van der Waals surface area contributed by atoms with Crippen LogP contribution in [-0.2, 0) is 6.54 Å². The van der Waals surface area contributed by atoms with Crippen molar-refractivity contribution in [1.82, 2.24) is 24.7 Å². The summed E-state index contributed by atoms with van der Waals surface area (Å²) in [5.41, 5.74) is 5.62. The number of carbonyl (C=O) groups is 1. The summed E-state index contributed by atoms with van der Waals surface area (Å²) in [6.07, 6.45) is 2.52. The van der Waals surface area contributed by atoms with Gasteiger partial charge >= 0.3 is 11.7 Å². The van der Waals surface area contributed by atoms with Crippen molar-refractivity contribution in [3.63, 3.8) is 0 Å². The summed E-state index contributed by atoms with van der Waals surface area (Å²) in [6, 6.07) is 9.00. The minimum atomic E-state index is -1.23. The lowest BCUT2D eigenvalue weighted by atomic mass is 9.93. The van der Waals surface area contributed by atoms with Crippen LogP contribution in [0.15, 0.2) is 41.3 Å². The number of piperazine rings is 1. The third kappa shape index (κ3) is 5.32. The molecule has 32 heavy (non-hydrogen) atoms. The first-order valence-electron chi connectivity index (χ1n) is 11.0. The number of benzene rings is 1. The van der Waals surface area contributed by atoms with Crippen LogP contribution in [0.1, 0.15) is 18.4 Å². The lowest BCUT2D eigenvalue weighted by Crippen LogP contribution is -2.48. The molecule has 0 aliphatic carbocycles. The van der Waals surface area contributed by atoms with Gasteiger partial charge in [0.2, 0.25) is 0 Å². The Bertz CT molecular complexity index is 981. The van der Waals surface area contributed by atoms with Gasteiger partial charge in [-0.15, -0.1) is 0 Å². The van der Waals surface area contributed by atoms with Gasteiger partial charge in [0.25, 0.3) is 0 Å². The smallest absolute Gasteiger partial charge is 0.328 e. The zero-order chi connectivity index (χ0) is 22.6. The Morgan fingerprint density at radius 2 is 1.81 bits per heavy atom. The molecule has 2 fully saturated rings. The molecule has 2 aliphatic heterocycles. The maximum atomic E-state index is 14.3. The highest BCUT2D eigenvalue weighted by Gasteiger charge is 2.32. The molecule has 3 heterocycles. The van der Waals surface area contributed by atoms with E-state index in [2.05, 4.69) is 20.5 Å². The minimum absolute atomic E-state index is 0.0799. The van der Waals surface area contributed by atoms with Crippen molar-refractivity contribution >= 4 is 11.8 Å². The van der Waals surface area contributed by atoms with Gasteiger partial charge in [0.1, 0.15) is 11.5 Å². The number of hydrogen-bond acceptors (Lipinski definition) is 6. The van der Waals surface area contributed by atoms with E-state index in [0.29, 0.717) is 44.7 Å². The number of piperidine rings is 1. The Morgan fingerprint density at radius 1 is 1.12 bits per heavy atom. The summed E-state index contributed by atoms with van der Waals surface area (Å²) in [5.74, 6) is 0.234. The lowest BCUT2D eigenvalue weighted by molar-refractivity contribution is 0.0620. The molecule has 0 atom stereocenters. The number of halogens is 1. The van der Waals surface area contributed by atoms with Crippen molar-refractivity contribution in [3.8, 4) is 5.69 Å². The summed E-state index contributed by atoms with van der Waals surface area (Å²) in [5, 5.41) is 5.88. The highest BCUT2D eigenvalue weighted by Crippen LogP contribution is 2.26. The first kappa shape index (κ1) is 22.4. The highest BCUT2D eigenvalue weighted by molar-refractivity contribution is 5.88. The Morgan fingerprint density at radius 3 is 2.44 bits per heavy atom. The topological polar surface area (TPSA) is 109 Å². The second-order valence-electron chi connectivity index (χ2n) is 8.43. The summed E-state index contributed by atoms with van der Waals surface area (Å²) >= 11 is 0. The number of carbonyl (C=O) groups excluding carboxylic acids is 1. The maximum Gasteiger partial charge on any atom is 0.354 e. The molecule has 0 spiro atoms. The Kier molecular flexibility index (Phi) is 6.83. The first-order chi connectivity index (χ1) is 15.5. The standard InChI is InChI=1S/C22H30FN7O2/c23-22(16-24)6-11-28(12-7-22)15-17-1-3-18(4-2-17)30-10-5-19(27-21(30)32)26-20(31)29-13-8-25-9-14-29/h1-5,10,25H,6-9,11-16,24H2,(H,26,27,31,32). The van der Waals surface area contributed by atoms with Crippen LogP contribution in [0.5, 0.6) is 0 Å². The van der Waals surface area contributed by atoms with E-state index >= 15 is 0 Å². The molecule has 9 nitrogen and oxygen atoms in total. The van der Waals surface area contributed by atoms with E-state index in [1.807, 2.05) is 24.3 Å². The predicted octanol–water partition coefficient (Wildman–Crippen LogP) is 0.932. The average molecular weight is 444 g/mol. The summed E-state index contributed by atoms with van der Waals surface area (Å²) < 4.78 is 15.7. The Labute approximate surface area is 186 Å². The largest absolute Gasteiger partial charge is 0.354 e. The Hall–Kier alpha value is -2.82. The van der Waals surface area contributed by atoms with Gasteiger partial charge in [-0.3, -0.25) is 14.8 Å². The van der Waals surface area contributed by atoms with E-state index in [0.717, 1.165) is 25.2 Å². The third-order valence-electron chi connectivity index (χ3n) is 6.18. The number of aromatic nitrogens is 2. The van der Waals surface area contributed by atoms with Crippen LogP contribution in [0.25, 0.3) is 5.69 Å². The number of nitrogens with zero attached hydrogens (tertiary/aromatic N) is 4. The van der Waals surface area contributed by atoms with Crippen molar-refractivity contribution in [2.45, 2.75) is 25.1 Å². The number of urea groups is 1. The molecule has 4 N–H and O–H groups in total. The van der Waals surface area contributed by atoms with Gasteiger partial charge in [-0.25, -0.2) is 14.0 Å². The molecule has 172 valence electrons. The number of nitrogens with one attached hydrogen (secondary N) is 2. The van der Waals surface area contributed by atoms with E-state index in [1.165, 1.54) is 4.57 Å². The molecule has 0 unspecified atom stereocenters. The van der Waals surface area contributed by atoms with E-state index in [4.69, 9.17) is 5.73 Å². The monoisotopic (exact) mass is 443 g/mol. The van der Waals surface area contributed by atoms with Crippen LogP contribution in [-0.4, -0.2) is 76.9 Å². The van der Waals surface area contributed by atoms with Gasteiger partial charge < -0.3 is 16.0 Å². The molecule has 10 heteroatoms. The van der Waals surface area contributed by atoms with Crippen LogP contribution >= 0.6 is 0 Å². The molecule has 2 aromatic rings. The molecule has 4 rings (SSSR count). The van der Waals surface area contributed by atoms with Crippen molar-refractivity contribution in [1.29, 1.82) is 0 Å². The van der Waals surface area contributed by atoms with Crippen molar-refractivity contribution < 1.29 is 9.18 Å². The second-order valence-corrected chi connectivity index (χ2v) is 8.43. The van der Waals surface area contributed by atoms with Crippen molar-refractivity contribution in [2.75, 3.05) is 51.1 Å². The molecule has 0 bridgehead atoms. The molecule has 2 amide bonds. The first-order valence-corrected chi connectivity index (χ1v) is 11.0. The molecule has 2 aliphatic rings. The number of anilines is 1.